The van der Waals surface area contributed by atoms with E-state index in [2.05, 4.69) is 21.7 Å². The molecule has 10 nitrogen and oxygen atoms in total. The number of hydrogen-bond acceptors (Lipinski definition) is 9. The number of pyridine rings is 1. The number of fused-ring (bicyclic) bond motifs is 6. The second kappa shape index (κ2) is 13.2. The van der Waals surface area contributed by atoms with E-state index >= 15 is 4.39 Å². The van der Waals surface area contributed by atoms with Crippen LogP contribution in [0.4, 0.5) is 15.8 Å². The summed E-state index contributed by atoms with van der Waals surface area (Å²) in [6, 6.07) is 18.4. The molecular weight excluding hydrogens is 567 g/mol. The molecule has 0 spiro atoms. The van der Waals surface area contributed by atoms with Gasteiger partial charge in [-0.25, -0.2) is 14.2 Å². The molecule has 0 aliphatic carbocycles. The van der Waals surface area contributed by atoms with E-state index < -0.39 is 17.7 Å². The molecule has 44 heavy (non-hydrogen) atoms. The number of nitriles is 1. The zero-order valence-electron chi connectivity index (χ0n) is 24.3. The van der Waals surface area contributed by atoms with Gasteiger partial charge in [-0.15, -0.1) is 0 Å². The number of amides is 1. The topological polar surface area (TPSA) is 132 Å². The first-order valence-electron chi connectivity index (χ1n) is 13.6. The van der Waals surface area contributed by atoms with Crippen molar-refractivity contribution in [2.24, 2.45) is 0 Å². The summed E-state index contributed by atoms with van der Waals surface area (Å²) in [5.41, 5.74) is 4.64. The van der Waals surface area contributed by atoms with E-state index in [-0.39, 0.29) is 43.1 Å². The molecule has 0 fully saturated rings. The predicted octanol–water partition coefficient (Wildman–Crippen LogP) is 5.39. The van der Waals surface area contributed by atoms with Crippen LogP contribution in [0.25, 0.3) is 11.3 Å². The summed E-state index contributed by atoms with van der Waals surface area (Å²) in [5, 5.41) is 15.2. The highest BCUT2D eigenvalue weighted by molar-refractivity contribution is 6.00. The van der Waals surface area contributed by atoms with Gasteiger partial charge in [-0.1, -0.05) is 12.1 Å². The molecule has 0 radical (unpaired) electrons. The number of ether oxygens (including phenoxy) is 4. The summed E-state index contributed by atoms with van der Waals surface area (Å²) >= 11 is 0. The number of halogens is 1. The van der Waals surface area contributed by atoms with Gasteiger partial charge in [0.15, 0.2) is 0 Å². The third kappa shape index (κ3) is 6.45. The number of methoxy groups -OCH3 is 2. The van der Waals surface area contributed by atoms with Crippen molar-refractivity contribution >= 4 is 23.3 Å². The molecule has 3 aromatic carbocycles. The Morgan fingerprint density at radius 1 is 1.02 bits per heavy atom. The Morgan fingerprint density at radius 3 is 2.59 bits per heavy atom. The molecule has 4 aromatic rings. The highest BCUT2D eigenvalue weighted by Crippen LogP contribution is 2.35. The Balaban J connectivity index is 1.48. The number of esters is 1. The lowest BCUT2D eigenvalue weighted by molar-refractivity contribution is -0.115. The molecule has 1 aliphatic heterocycles. The number of nitrogens with one attached hydrogen (secondary N) is 2. The molecule has 1 aromatic heterocycles. The lowest BCUT2D eigenvalue weighted by Crippen LogP contribution is -2.18. The van der Waals surface area contributed by atoms with Gasteiger partial charge in [0.1, 0.15) is 23.9 Å². The number of rotatable bonds is 6. The van der Waals surface area contributed by atoms with E-state index in [4.69, 9.17) is 18.9 Å². The van der Waals surface area contributed by atoms with Gasteiger partial charge >= 0.3 is 5.97 Å². The lowest BCUT2D eigenvalue weighted by atomic mass is 9.98. The summed E-state index contributed by atoms with van der Waals surface area (Å²) < 4.78 is 37.8. The molecule has 1 amide bonds. The molecule has 0 unspecified atom stereocenters. The Morgan fingerprint density at radius 2 is 1.84 bits per heavy atom. The van der Waals surface area contributed by atoms with Crippen LogP contribution in [0.2, 0.25) is 0 Å². The van der Waals surface area contributed by atoms with Gasteiger partial charge < -0.3 is 29.6 Å². The van der Waals surface area contributed by atoms with Crippen molar-refractivity contribution < 1.29 is 32.9 Å². The summed E-state index contributed by atoms with van der Waals surface area (Å²) in [5.74, 6) is -1.02. The highest BCUT2D eigenvalue weighted by Gasteiger charge is 2.21. The number of hydrogen-bond donors (Lipinski definition) is 2. The van der Waals surface area contributed by atoms with Gasteiger partial charge in [0.05, 0.1) is 62.4 Å². The number of anilines is 2. The molecule has 4 bridgehead atoms. The molecule has 5 rings (SSSR count). The van der Waals surface area contributed by atoms with Crippen LogP contribution in [0.5, 0.6) is 11.6 Å². The minimum absolute atomic E-state index is 0.0611. The van der Waals surface area contributed by atoms with Crippen LogP contribution in [0.1, 0.15) is 38.2 Å². The summed E-state index contributed by atoms with van der Waals surface area (Å²) in [6.07, 6.45) is -0.188. The Kier molecular flexibility index (Phi) is 9.02. The van der Waals surface area contributed by atoms with Gasteiger partial charge in [-0.3, -0.25) is 4.79 Å². The average molecular weight is 597 g/mol. The van der Waals surface area contributed by atoms with E-state index in [1.807, 2.05) is 6.07 Å². The van der Waals surface area contributed by atoms with Crippen molar-refractivity contribution in [1.82, 2.24) is 4.98 Å². The zero-order chi connectivity index (χ0) is 31.2. The van der Waals surface area contributed by atoms with Gasteiger partial charge in [0.25, 0.3) is 0 Å². The van der Waals surface area contributed by atoms with Crippen LogP contribution in [0.15, 0.2) is 60.7 Å². The molecule has 1 aliphatic rings. The van der Waals surface area contributed by atoms with Crippen molar-refractivity contribution in [3.8, 4) is 29.0 Å². The number of nitrogens with zero attached hydrogens (tertiary/aromatic N) is 2. The Hall–Kier alpha value is -5.47. The lowest BCUT2D eigenvalue weighted by Gasteiger charge is -2.17. The minimum Gasteiger partial charge on any atom is -0.494 e. The van der Waals surface area contributed by atoms with Crippen molar-refractivity contribution in [3.63, 3.8) is 0 Å². The molecule has 0 saturated heterocycles. The molecule has 2 heterocycles. The Labute approximate surface area is 253 Å². The summed E-state index contributed by atoms with van der Waals surface area (Å²) in [6.45, 7) is 0.406. The van der Waals surface area contributed by atoms with Crippen LogP contribution < -0.4 is 20.1 Å². The third-order valence-electron chi connectivity index (χ3n) is 7.14. The summed E-state index contributed by atoms with van der Waals surface area (Å²) in [7, 11) is 4.32. The zero-order valence-corrected chi connectivity index (χ0v) is 24.3. The fraction of sp³-hybridized carbons (Fsp3) is 0.212. The molecule has 0 atom stereocenters. The average Bonchev–Trinajstić information content (AvgIpc) is 3.04. The van der Waals surface area contributed by atoms with E-state index in [1.165, 1.54) is 32.4 Å². The number of benzene rings is 3. The standard InChI is InChI=1S/C33H29FN4O6/c1-36-28-12-22(33(40)42-3)13-29(41-2)32(28)38-30(39)14-21-11-26(34)25-10-24(21)17-43-16-23-9-19(15-35)7-8-20(23)18-44-31-6-4-5-27(25)37-31/h4-13,36H,14,16-18H2,1-3H3,(H,38,39). The largest absolute Gasteiger partial charge is 0.494 e. The predicted molar refractivity (Wildman–Crippen MR) is 160 cm³/mol. The molecular formula is C33H29FN4O6. The van der Waals surface area contributed by atoms with E-state index in [1.54, 1.807) is 43.4 Å². The van der Waals surface area contributed by atoms with E-state index in [0.717, 1.165) is 11.1 Å². The number of carbonyl (C=O) groups is 2. The van der Waals surface area contributed by atoms with Crippen LogP contribution >= 0.6 is 0 Å². The maximum absolute atomic E-state index is 15.6. The summed E-state index contributed by atoms with van der Waals surface area (Å²) in [4.78, 5) is 30.0. The SMILES string of the molecule is CNc1cc(C(=O)OC)cc(OC)c1NC(=O)Cc1cc(F)c2cc1COCc1cc(C#N)ccc1COc1cccc-2n1. The quantitative estimate of drug-likeness (QED) is 0.281. The van der Waals surface area contributed by atoms with Crippen molar-refractivity contribution in [3.05, 3.63) is 99.9 Å². The first-order valence-corrected chi connectivity index (χ1v) is 13.6. The Bertz CT molecular complexity index is 1760. The van der Waals surface area contributed by atoms with Crippen molar-refractivity contribution in [2.45, 2.75) is 26.2 Å². The van der Waals surface area contributed by atoms with Gasteiger partial charge in [-0.2, -0.15) is 5.26 Å². The fourth-order valence-electron chi connectivity index (χ4n) is 4.89. The maximum atomic E-state index is 15.6. The minimum atomic E-state index is -0.564. The van der Waals surface area contributed by atoms with Gasteiger partial charge in [0, 0.05) is 18.7 Å². The molecule has 224 valence electrons. The van der Waals surface area contributed by atoms with Crippen LogP contribution in [-0.4, -0.2) is 38.1 Å². The normalized spacial score (nSPS) is 12.2. The molecule has 0 saturated carbocycles. The van der Waals surface area contributed by atoms with E-state index in [9.17, 15) is 14.9 Å². The first-order chi connectivity index (χ1) is 21.3. The van der Waals surface area contributed by atoms with Crippen LogP contribution in [0.3, 0.4) is 0 Å². The molecule has 2 N–H and O–H groups in total. The number of carbonyl (C=O) groups excluding carboxylic acids is 2. The van der Waals surface area contributed by atoms with Gasteiger partial charge in [0.2, 0.25) is 11.8 Å². The van der Waals surface area contributed by atoms with Crippen LogP contribution in [-0.2, 0) is 40.5 Å². The van der Waals surface area contributed by atoms with Gasteiger partial charge in [-0.05, 0) is 64.7 Å². The first kappa shape index (κ1) is 30.0. The van der Waals surface area contributed by atoms with Crippen molar-refractivity contribution in [2.75, 3.05) is 31.9 Å². The van der Waals surface area contributed by atoms with Crippen molar-refractivity contribution in [1.29, 1.82) is 5.26 Å². The molecule has 11 heteroatoms. The number of aromatic nitrogens is 1. The second-order valence-electron chi connectivity index (χ2n) is 9.91. The van der Waals surface area contributed by atoms with E-state index in [0.29, 0.717) is 39.6 Å². The smallest absolute Gasteiger partial charge is 0.338 e. The highest BCUT2D eigenvalue weighted by atomic mass is 19.1. The fourth-order valence-corrected chi connectivity index (χ4v) is 4.89. The monoisotopic (exact) mass is 596 g/mol. The third-order valence-corrected chi connectivity index (χ3v) is 7.14. The van der Waals surface area contributed by atoms with Crippen LogP contribution in [0, 0.1) is 17.1 Å². The second-order valence-corrected chi connectivity index (χ2v) is 9.91. The maximum Gasteiger partial charge on any atom is 0.338 e.